The van der Waals surface area contributed by atoms with Gasteiger partial charge in [-0.05, 0) is 36.6 Å². The molecule has 1 atom stereocenters. The van der Waals surface area contributed by atoms with E-state index < -0.39 is 0 Å². The van der Waals surface area contributed by atoms with Crippen molar-refractivity contribution in [3.05, 3.63) is 29.6 Å². The number of fused-ring (bicyclic) bond motifs is 1. The van der Waals surface area contributed by atoms with Crippen LogP contribution in [0.4, 0.5) is 4.39 Å². The second-order valence-corrected chi connectivity index (χ2v) is 3.54. The Bertz CT molecular complexity index is 326. The van der Waals surface area contributed by atoms with E-state index in [0.717, 1.165) is 24.2 Å². The molecule has 1 aliphatic rings. The molecule has 0 fully saturated rings. The van der Waals surface area contributed by atoms with Crippen LogP contribution < -0.4 is 4.74 Å². The molecule has 0 bridgehead atoms. The standard InChI is InChI=1S/C11H13FO2.C2H6/c12-9-2-4-11-8(7-9)1-3-10(14-11)5-6-13;1-2/h2,4,7,10,13H,1,3,5-6H2;1-2H3. The summed E-state index contributed by atoms with van der Waals surface area (Å²) in [6.07, 6.45) is 2.42. The lowest BCUT2D eigenvalue weighted by atomic mass is 10.0. The van der Waals surface area contributed by atoms with Crippen molar-refractivity contribution in [3.8, 4) is 5.75 Å². The molecule has 1 N–H and O–H groups in total. The molecule has 1 aromatic rings. The Balaban J connectivity index is 0.000000606. The smallest absolute Gasteiger partial charge is 0.123 e. The molecular weight excluding hydrogens is 207 g/mol. The zero-order valence-electron chi connectivity index (χ0n) is 9.87. The van der Waals surface area contributed by atoms with Crippen molar-refractivity contribution in [1.82, 2.24) is 0 Å². The summed E-state index contributed by atoms with van der Waals surface area (Å²) in [6.45, 7) is 4.14. The average Bonchev–Trinajstić information content (AvgIpc) is 2.32. The lowest BCUT2D eigenvalue weighted by Crippen LogP contribution is -2.23. The van der Waals surface area contributed by atoms with Crippen LogP contribution in [0.15, 0.2) is 18.2 Å². The van der Waals surface area contributed by atoms with Crippen LogP contribution in [0.25, 0.3) is 0 Å². The maximum Gasteiger partial charge on any atom is 0.123 e. The summed E-state index contributed by atoms with van der Waals surface area (Å²) in [5.41, 5.74) is 0.930. The van der Waals surface area contributed by atoms with Crippen molar-refractivity contribution in [2.45, 2.75) is 39.2 Å². The molecule has 2 nitrogen and oxygen atoms in total. The second-order valence-electron chi connectivity index (χ2n) is 3.54. The van der Waals surface area contributed by atoms with Gasteiger partial charge in [0.05, 0.1) is 0 Å². The lowest BCUT2D eigenvalue weighted by molar-refractivity contribution is 0.133. The molecule has 0 amide bonds. The first kappa shape index (κ1) is 13.0. The first-order valence-electron chi connectivity index (χ1n) is 5.85. The molecule has 90 valence electrons. The van der Waals surface area contributed by atoms with Crippen LogP contribution in [-0.2, 0) is 6.42 Å². The summed E-state index contributed by atoms with van der Waals surface area (Å²) in [7, 11) is 0. The van der Waals surface area contributed by atoms with Gasteiger partial charge in [-0.1, -0.05) is 13.8 Å². The first-order valence-corrected chi connectivity index (χ1v) is 5.85. The van der Waals surface area contributed by atoms with Crippen molar-refractivity contribution >= 4 is 0 Å². The zero-order valence-corrected chi connectivity index (χ0v) is 9.87. The molecule has 2 rings (SSSR count). The predicted octanol–water partition coefficient (Wildman–Crippen LogP) is 2.93. The highest BCUT2D eigenvalue weighted by molar-refractivity contribution is 5.35. The first-order chi connectivity index (χ1) is 7.79. The molecule has 0 spiro atoms. The second kappa shape index (κ2) is 6.48. The van der Waals surface area contributed by atoms with E-state index in [2.05, 4.69) is 0 Å². The van der Waals surface area contributed by atoms with E-state index in [9.17, 15) is 4.39 Å². The van der Waals surface area contributed by atoms with E-state index in [0.29, 0.717) is 6.42 Å². The van der Waals surface area contributed by atoms with Crippen LogP contribution in [0, 0.1) is 5.82 Å². The van der Waals surface area contributed by atoms with Crippen molar-refractivity contribution in [2.75, 3.05) is 6.61 Å². The Labute approximate surface area is 96.1 Å². The Kier molecular flexibility index (Phi) is 5.26. The summed E-state index contributed by atoms with van der Waals surface area (Å²) >= 11 is 0. The van der Waals surface area contributed by atoms with Gasteiger partial charge in [0.1, 0.15) is 17.7 Å². The number of halogens is 1. The monoisotopic (exact) mass is 226 g/mol. The molecule has 1 unspecified atom stereocenters. The fraction of sp³-hybridized carbons (Fsp3) is 0.538. The summed E-state index contributed by atoms with van der Waals surface area (Å²) in [5, 5.41) is 8.77. The maximum atomic E-state index is 12.8. The molecule has 0 aliphatic carbocycles. The number of rotatable bonds is 2. The third-order valence-electron chi connectivity index (χ3n) is 2.50. The van der Waals surface area contributed by atoms with Crippen LogP contribution >= 0.6 is 0 Å². The van der Waals surface area contributed by atoms with E-state index in [1.807, 2.05) is 13.8 Å². The maximum absolute atomic E-state index is 12.8. The minimum Gasteiger partial charge on any atom is -0.490 e. The average molecular weight is 226 g/mol. The summed E-state index contributed by atoms with van der Waals surface area (Å²) in [5.74, 6) is 0.545. The van der Waals surface area contributed by atoms with Gasteiger partial charge in [0, 0.05) is 13.0 Å². The van der Waals surface area contributed by atoms with Crippen molar-refractivity contribution in [2.24, 2.45) is 0 Å². The highest BCUT2D eigenvalue weighted by Gasteiger charge is 2.19. The quantitative estimate of drug-likeness (QED) is 0.840. The van der Waals surface area contributed by atoms with Crippen molar-refractivity contribution < 1.29 is 14.2 Å². The topological polar surface area (TPSA) is 29.5 Å². The zero-order chi connectivity index (χ0) is 12.0. The van der Waals surface area contributed by atoms with E-state index in [4.69, 9.17) is 9.84 Å². The number of benzene rings is 1. The number of aliphatic hydroxyl groups is 1. The van der Waals surface area contributed by atoms with Gasteiger partial charge in [-0.15, -0.1) is 0 Å². The van der Waals surface area contributed by atoms with Gasteiger partial charge in [0.25, 0.3) is 0 Å². The minimum absolute atomic E-state index is 0.0814. The number of aryl methyl sites for hydroxylation is 1. The number of ether oxygens (including phenoxy) is 1. The number of aliphatic hydroxyl groups excluding tert-OH is 1. The Morgan fingerprint density at radius 2 is 2.19 bits per heavy atom. The normalized spacial score (nSPS) is 17.9. The highest BCUT2D eigenvalue weighted by atomic mass is 19.1. The SMILES string of the molecule is CC.OCCC1CCc2cc(F)ccc2O1. The molecular formula is C13H19FO2. The molecule has 1 aromatic carbocycles. The van der Waals surface area contributed by atoms with Gasteiger partial charge >= 0.3 is 0 Å². The van der Waals surface area contributed by atoms with E-state index >= 15 is 0 Å². The van der Waals surface area contributed by atoms with Crippen LogP contribution in [0.1, 0.15) is 32.3 Å². The fourth-order valence-electron chi connectivity index (χ4n) is 1.76. The summed E-state index contributed by atoms with van der Waals surface area (Å²) < 4.78 is 18.4. The van der Waals surface area contributed by atoms with Crippen molar-refractivity contribution in [1.29, 1.82) is 0 Å². The third-order valence-corrected chi connectivity index (χ3v) is 2.50. The predicted molar refractivity (Wildman–Crippen MR) is 62.2 cm³/mol. The molecule has 1 heterocycles. The van der Waals surface area contributed by atoms with Crippen LogP contribution in [0.2, 0.25) is 0 Å². The summed E-state index contributed by atoms with van der Waals surface area (Å²) in [6, 6.07) is 4.58. The Morgan fingerprint density at radius 1 is 1.44 bits per heavy atom. The van der Waals surface area contributed by atoms with Gasteiger partial charge < -0.3 is 9.84 Å². The minimum atomic E-state index is -0.215. The van der Waals surface area contributed by atoms with Crippen molar-refractivity contribution in [3.63, 3.8) is 0 Å². The van der Waals surface area contributed by atoms with Gasteiger partial charge in [-0.25, -0.2) is 4.39 Å². The van der Waals surface area contributed by atoms with Crippen LogP contribution in [0.5, 0.6) is 5.75 Å². The summed E-state index contributed by atoms with van der Waals surface area (Å²) in [4.78, 5) is 0. The van der Waals surface area contributed by atoms with E-state index in [1.165, 1.54) is 12.1 Å². The van der Waals surface area contributed by atoms with Gasteiger partial charge in [0.15, 0.2) is 0 Å². The Morgan fingerprint density at radius 3 is 2.88 bits per heavy atom. The molecule has 0 radical (unpaired) electrons. The van der Waals surface area contributed by atoms with E-state index in [-0.39, 0.29) is 18.5 Å². The van der Waals surface area contributed by atoms with Crippen LogP contribution in [-0.4, -0.2) is 17.8 Å². The lowest BCUT2D eigenvalue weighted by Gasteiger charge is -2.25. The highest BCUT2D eigenvalue weighted by Crippen LogP contribution is 2.28. The fourth-order valence-corrected chi connectivity index (χ4v) is 1.76. The number of hydrogen-bond donors (Lipinski definition) is 1. The molecule has 1 aliphatic heterocycles. The largest absolute Gasteiger partial charge is 0.490 e. The third kappa shape index (κ3) is 3.20. The molecule has 0 saturated heterocycles. The van der Waals surface area contributed by atoms with Crippen LogP contribution in [0.3, 0.4) is 0 Å². The number of hydrogen-bond acceptors (Lipinski definition) is 2. The van der Waals surface area contributed by atoms with Gasteiger partial charge in [-0.2, -0.15) is 0 Å². The molecule has 16 heavy (non-hydrogen) atoms. The van der Waals surface area contributed by atoms with Gasteiger partial charge in [-0.3, -0.25) is 0 Å². The van der Waals surface area contributed by atoms with Gasteiger partial charge in [0.2, 0.25) is 0 Å². The molecule has 0 saturated carbocycles. The Hall–Kier alpha value is -1.09. The molecule has 3 heteroatoms. The van der Waals surface area contributed by atoms with E-state index in [1.54, 1.807) is 6.07 Å². The molecule has 0 aromatic heterocycles.